The largest absolute Gasteiger partial charge is 0.456 e. The Labute approximate surface area is 282 Å². The van der Waals surface area contributed by atoms with Crippen molar-refractivity contribution in [1.82, 2.24) is 15.0 Å². The van der Waals surface area contributed by atoms with Crippen LogP contribution in [0.2, 0.25) is 0 Å². The molecular weight excluding hydrogens is 599 g/mol. The molecule has 8 aromatic carbocycles. The molecule has 2 aromatic heterocycles. The summed E-state index contributed by atoms with van der Waals surface area (Å²) in [5.41, 5.74) is 6.82. The first kappa shape index (κ1) is 27.5. The molecule has 0 saturated carbocycles. The average molecular weight is 626 g/mol. The molecule has 0 aliphatic heterocycles. The van der Waals surface area contributed by atoms with Crippen LogP contribution in [0.1, 0.15) is 0 Å². The van der Waals surface area contributed by atoms with Gasteiger partial charge < -0.3 is 4.42 Å². The molecule has 228 valence electrons. The molecule has 0 spiro atoms. The third-order valence-corrected chi connectivity index (χ3v) is 9.49. The molecule has 0 amide bonds. The van der Waals surface area contributed by atoms with Gasteiger partial charge in [-0.05, 0) is 79.8 Å². The third-order valence-electron chi connectivity index (χ3n) is 9.49. The Morgan fingerprint density at radius 1 is 0.306 bits per heavy atom. The van der Waals surface area contributed by atoms with Crippen molar-refractivity contribution in [2.24, 2.45) is 0 Å². The van der Waals surface area contributed by atoms with E-state index in [1.807, 2.05) is 30.3 Å². The first-order valence-corrected chi connectivity index (χ1v) is 16.4. The van der Waals surface area contributed by atoms with Crippen molar-refractivity contribution in [2.75, 3.05) is 0 Å². The van der Waals surface area contributed by atoms with Gasteiger partial charge >= 0.3 is 0 Å². The molecule has 0 aliphatic rings. The highest BCUT2D eigenvalue weighted by Crippen LogP contribution is 2.37. The molecule has 4 nitrogen and oxygen atoms in total. The maximum atomic E-state index is 6.27. The first-order chi connectivity index (χ1) is 24.2. The van der Waals surface area contributed by atoms with Crippen LogP contribution in [0.3, 0.4) is 0 Å². The molecule has 0 atom stereocenters. The van der Waals surface area contributed by atoms with Crippen molar-refractivity contribution in [2.45, 2.75) is 0 Å². The number of rotatable bonds is 4. The topological polar surface area (TPSA) is 51.8 Å². The van der Waals surface area contributed by atoms with Crippen LogP contribution in [0.15, 0.2) is 168 Å². The highest BCUT2D eigenvalue weighted by Gasteiger charge is 2.17. The summed E-state index contributed by atoms with van der Waals surface area (Å²) < 4.78 is 6.27. The maximum Gasteiger partial charge on any atom is 0.164 e. The second kappa shape index (κ2) is 11.0. The summed E-state index contributed by atoms with van der Waals surface area (Å²) in [6, 6.07) is 57.0. The van der Waals surface area contributed by atoms with Gasteiger partial charge in [-0.2, -0.15) is 0 Å². The Morgan fingerprint density at radius 3 is 1.69 bits per heavy atom. The smallest absolute Gasteiger partial charge is 0.164 e. The molecule has 0 aliphatic carbocycles. The van der Waals surface area contributed by atoms with Crippen LogP contribution >= 0.6 is 0 Å². The molecule has 0 fully saturated rings. The maximum absolute atomic E-state index is 6.27. The minimum absolute atomic E-state index is 0.596. The lowest BCUT2D eigenvalue weighted by molar-refractivity contribution is 0.669. The van der Waals surface area contributed by atoms with Gasteiger partial charge in [-0.1, -0.05) is 127 Å². The Hall–Kier alpha value is -6.65. The van der Waals surface area contributed by atoms with Crippen LogP contribution in [0, 0.1) is 0 Å². The zero-order valence-corrected chi connectivity index (χ0v) is 26.3. The van der Waals surface area contributed by atoms with Gasteiger partial charge in [0.15, 0.2) is 17.5 Å². The number of fused-ring (bicyclic) bond motifs is 7. The number of aromatic nitrogens is 3. The fourth-order valence-corrected chi connectivity index (χ4v) is 7.05. The van der Waals surface area contributed by atoms with E-state index < -0.39 is 0 Å². The number of benzene rings is 8. The van der Waals surface area contributed by atoms with Crippen LogP contribution in [0.4, 0.5) is 0 Å². The van der Waals surface area contributed by atoms with E-state index in [1.54, 1.807) is 0 Å². The minimum atomic E-state index is 0.596. The molecule has 0 radical (unpaired) electrons. The van der Waals surface area contributed by atoms with E-state index in [4.69, 9.17) is 19.4 Å². The van der Waals surface area contributed by atoms with Gasteiger partial charge in [0.05, 0.1) is 0 Å². The van der Waals surface area contributed by atoms with Crippen molar-refractivity contribution in [3.05, 3.63) is 164 Å². The summed E-state index contributed by atoms with van der Waals surface area (Å²) in [6.07, 6.45) is 0. The van der Waals surface area contributed by atoms with Crippen molar-refractivity contribution in [1.29, 1.82) is 0 Å². The van der Waals surface area contributed by atoms with E-state index in [-0.39, 0.29) is 0 Å². The van der Waals surface area contributed by atoms with E-state index in [0.29, 0.717) is 17.5 Å². The number of hydrogen-bond acceptors (Lipinski definition) is 4. The monoisotopic (exact) mass is 625 g/mol. The highest BCUT2D eigenvalue weighted by molar-refractivity contribution is 6.13. The summed E-state index contributed by atoms with van der Waals surface area (Å²) in [4.78, 5) is 15.5. The molecule has 49 heavy (non-hydrogen) atoms. The second-order valence-electron chi connectivity index (χ2n) is 12.4. The molecule has 2 heterocycles. The summed E-state index contributed by atoms with van der Waals surface area (Å²) in [6.45, 7) is 0. The highest BCUT2D eigenvalue weighted by atomic mass is 16.3. The molecule has 0 bridgehead atoms. The predicted octanol–water partition coefficient (Wildman–Crippen LogP) is 11.9. The SMILES string of the molecule is c1ccc(-c2ccc3cc(-c4nc(-c5ccc6c(c5)oc5ccccc56)nc(-c5cc6ccccc6c6ccccc56)n4)ccc3c2)cc1. The lowest BCUT2D eigenvalue weighted by atomic mass is 9.96. The van der Waals surface area contributed by atoms with Gasteiger partial charge in [-0.15, -0.1) is 0 Å². The van der Waals surface area contributed by atoms with Crippen molar-refractivity contribution >= 4 is 54.3 Å². The molecule has 10 aromatic rings. The fourth-order valence-electron chi connectivity index (χ4n) is 7.05. The molecule has 0 unspecified atom stereocenters. The summed E-state index contributed by atoms with van der Waals surface area (Å²) >= 11 is 0. The van der Waals surface area contributed by atoms with Crippen LogP contribution in [0.25, 0.3) is 99.5 Å². The molecule has 10 rings (SSSR count). The standard InChI is InChI=1S/C45H27N3O/c1-2-10-28(11-3-1)29-18-19-31-25-33(21-20-30(31)24-29)43-46-44(34-22-23-39-38-16-8-9-17-41(38)49-42(39)27-34)48-45(47-43)40-26-32-12-4-5-13-35(32)36-14-6-7-15-37(36)40/h1-27H. The van der Waals surface area contributed by atoms with Crippen molar-refractivity contribution < 1.29 is 4.42 Å². The minimum Gasteiger partial charge on any atom is -0.456 e. The number of hydrogen-bond donors (Lipinski definition) is 0. The van der Waals surface area contributed by atoms with Gasteiger partial charge in [0.1, 0.15) is 11.2 Å². The molecular formula is C45H27N3O. The van der Waals surface area contributed by atoms with E-state index >= 15 is 0 Å². The van der Waals surface area contributed by atoms with Crippen LogP contribution in [-0.2, 0) is 0 Å². The van der Waals surface area contributed by atoms with E-state index in [9.17, 15) is 0 Å². The van der Waals surface area contributed by atoms with Gasteiger partial charge in [0.25, 0.3) is 0 Å². The lowest BCUT2D eigenvalue weighted by Gasteiger charge is -2.13. The Balaban J connectivity index is 1.18. The predicted molar refractivity (Wildman–Crippen MR) is 201 cm³/mol. The number of furan rings is 1. The molecule has 0 saturated heterocycles. The van der Waals surface area contributed by atoms with Gasteiger partial charge in [-0.25, -0.2) is 15.0 Å². The van der Waals surface area contributed by atoms with Crippen LogP contribution in [-0.4, -0.2) is 15.0 Å². The molecule has 0 N–H and O–H groups in total. The lowest BCUT2D eigenvalue weighted by Crippen LogP contribution is -2.01. The quantitative estimate of drug-likeness (QED) is 0.183. The Morgan fingerprint density at radius 2 is 0.878 bits per heavy atom. The Bertz CT molecular complexity index is 2890. The summed E-state index contributed by atoms with van der Waals surface area (Å²) in [7, 11) is 0. The average Bonchev–Trinajstić information content (AvgIpc) is 3.55. The summed E-state index contributed by atoms with van der Waals surface area (Å²) in [5, 5.41) is 9.07. The number of para-hydroxylation sites is 1. The first-order valence-electron chi connectivity index (χ1n) is 16.4. The van der Waals surface area contributed by atoms with Crippen LogP contribution < -0.4 is 0 Å². The van der Waals surface area contributed by atoms with Gasteiger partial charge in [0, 0.05) is 27.5 Å². The van der Waals surface area contributed by atoms with E-state index in [2.05, 4.69) is 133 Å². The Kier molecular flexibility index (Phi) is 6.15. The fraction of sp³-hybridized carbons (Fsp3) is 0. The third kappa shape index (κ3) is 4.65. The van der Waals surface area contributed by atoms with E-state index in [0.717, 1.165) is 60.2 Å². The zero-order chi connectivity index (χ0) is 32.3. The van der Waals surface area contributed by atoms with Gasteiger partial charge in [0.2, 0.25) is 0 Å². The molecule has 4 heteroatoms. The zero-order valence-electron chi connectivity index (χ0n) is 26.3. The van der Waals surface area contributed by atoms with Crippen LogP contribution in [0.5, 0.6) is 0 Å². The summed E-state index contributed by atoms with van der Waals surface area (Å²) in [5.74, 6) is 1.85. The van der Waals surface area contributed by atoms with Gasteiger partial charge in [-0.3, -0.25) is 0 Å². The second-order valence-corrected chi connectivity index (χ2v) is 12.4. The van der Waals surface area contributed by atoms with E-state index in [1.165, 1.54) is 21.9 Å². The number of nitrogens with zero attached hydrogens (tertiary/aromatic N) is 3. The van der Waals surface area contributed by atoms with Crippen molar-refractivity contribution in [3.63, 3.8) is 0 Å². The van der Waals surface area contributed by atoms with Crippen molar-refractivity contribution in [3.8, 4) is 45.3 Å². The normalized spacial score (nSPS) is 11.7.